The van der Waals surface area contributed by atoms with E-state index in [-0.39, 0.29) is 23.9 Å². The van der Waals surface area contributed by atoms with Gasteiger partial charge in [0.15, 0.2) is 5.78 Å². The summed E-state index contributed by atoms with van der Waals surface area (Å²) in [5.41, 5.74) is 10.5. The Morgan fingerprint density at radius 2 is 1.68 bits per heavy atom. The van der Waals surface area contributed by atoms with Crippen molar-refractivity contribution in [2.24, 2.45) is 0 Å². The summed E-state index contributed by atoms with van der Waals surface area (Å²) < 4.78 is 0. The van der Waals surface area contributed by atoms with Crippen molar-refractivity contribution in [2.45, 2.75) is 51.4 Å². The summed E-state index contributed by atoms with van der Waals surface area (Å²) >= 11 is 0. The molecule has 3 aromatic rings. The van der Waals surface area contributed by atoms with Gasteiger partial charge >= 0.3 is 0 Å². The van der Waals surface area contributed by atoms with E-state index in [1.54, 1.807) is 25.4 Å². The van der Waals surface area contributed by atoms with Gasteiger partial charge in [-0.05, 0) is 54.4 Å². The van der Waals surface area contributed by atoms with Crippen LogP contribution in [0.3, 0.4) is 0 Å². The summed E-state index contributed by atoms with van der Waals surface area (Å²) in [6, 6.07) is 16.2. The molecule has 2 aromatic carbocycles. The lowest BCUT2D eigenvalue weighted by Gasteiger charge is -2.32. The first kappa shape index (κ1) is 23.6. The molecule has 0 amide bonds. The van der Waals surface area contributed by atoms with Gasteiger partial charge in [0.2, 0.25) is 5.95 Å². The van der Waals surface area contributed by atoms with Gasteiger partial charge in [-0.1, -0.05) is 49.4 Å². The molecule has 176 valence electrons. The van der Waals surface area contributed by atoms with Gasteiger partial charge in [0.05, 0.1) is 5.56 Å². The van der Waals surface area contributed by atoms with E-state index in [9.17, 15) is 9.59 Å². The Kier molecular flexibility index (Phi) is 7.36. The predicted molar refractivity (Wildman–Crippen MR) is 135 cm³/mol. The number of nitrogens with zero attached hydrogens (tertiary/aromatic N) is 3. The van der Waals surface area contributed by atoms with E-state index in [4.69, 9.17) is 5.73 Å². The van der Waals surface area contributed by atoms with Gasteiger partial charge in [-0.25, -0.2) is 9.97 Å². The van der Waals surface area contributed by atoms with E-state index in [1.165, 1.54) is 11.1 Å². The molecule has 1 aliphatic heterocycles. The van der Waals surface area contributed by atoms with E-state index >= 15 is 0 Å². The van der Waals surface area contributed by atoms with Gasteiger partial charge in [-0.2, -0.15) is 0 Å². The first-order valence-corrected chi connectivity index (χ1v) is 11.9. The van der Waals surface area contributed by atoms with Gasteiger partial charge in [0.1, 0.15) is 5.78 Å². The van der Waals surface area contributed by atoms with Crippen LogP contribution < -0.4 is 10.6 Å². The quantitative estimate of drug-likeness (QED) is 0.381. The summed E-state index contributed by atoms with van der Waals surface area (Å²) in [6.07, 6.45) is 6.13. The second-order valence-electron chi connectivity index (χ2n) is 9.31. The normalized spacial score (nSPS) is 15.2. The molecule has 2 heterocycles. The van der Waals surface area contributed by atoms with Crippen LogP contribution in [-0.2, 0) is 11.2 Å². The highest BCUT2D eigenvalue weighted by Crippen LogP contribution is 2.31. The molecule has 0 radical (unpaired) electrons. The topological polar surface area (TPSA) is 89.2 Å². The smallest absolute Gasteiger partial charge is 0.225 e. The molecule has 0 aliphatic carbocycles. The lowest BCUT2D eigenvalue weighted by Crippen LogP contribution is -2.34. The fraction of sp³-hybridized carbons (Fsp3) is 0.357. The molecule has 0 bridgehead atoms. The SMILES string of the molecule is CC(=O)C[C@@H](C)c1ccc(C2CCN(c3ncc(C(=O)Cc4ccccc4N)cn3)CC2)cc1. The van der Waals surface area contributed by atoms with Crippen molar-refractivity contribution >= 4 is 23.2 Å². The Hall–Kier alpha value is -3.54. The molecule has 2 N–H and O–H groups in total. The number of aromatic nitrogens is 2. The van der Waals surface area contributed by atoms with Crippen molar-refractivity contribution in [1.82, 2.24) is 9.97 Å². The zero-order chi connectivity index (χ0) is 24.1. The summed E-state index contributed by atoms with van der Waals surface area (Å²) in [6.45, 7) is 5.50. The average Bonchev–Trinajstić information content (AvgIpc) is 2.85. The molecule has 1 fully saturated rings. The highest BCUT2D eigenvalue weighted by molar-refractivity contribution is 5.97. The molecule has 4 rings (SSSR count). The second kappa shape index (κ2) is 10.6. The van der Waals surface area contributed by atoms with E-state index in [2.05, 4.69) is 46.1 Å². The summed E-state index contributed by atoms with van der Waals surface area (Å²) in [5, 5.41) is 0. The first-order valence-electron chi connectivity index (χ1n) is 11.9. The Morgan fingerprint density at radius 3 is 2.29 bits per heavy atom. The number of ketones is 2. The zero-order valence-electron chi connectivity index (χ0n) is 19.9. The van der Waals surface area contributed by atoms with E-state index in [0.29, 0.717) is 29.5 Å². The fourth-order valence-corrected chi connectivity index (χ4v) is 4.66. The molecule has 0 saturated carbocycles. The maximum Gasteiger partial charge on any atom is 0.225 e. The van der Waals surface area contributed by atoms with E-state index in [1.807, 2.05) is 18.2 Å². The fourth-order valence-electron chi connectivity index (χ4n) is 4.66. The van der Waals surface area contributed by atoms with Gasteiger partial charge < -0.3 is 15.4 Å². The van der Waals surface area contributed by atoms with Crippen LogP contribution in [-0.4, -0.2) is 34.6 Å². The van der Waals surface area contributed by atoms with E-state index in [0.717, 1.165) is 31.5 Å². The van der Waals surface area contributed by atoms with Crippen LogP contribution in [0.25, 0.3) is 0 Å². The van der Waals surface area contributed by atoms with Crippen molar-refractivity contribution in [3.63, 3.8) is 0 Å². The highest BCUT2D eigenvalue weighted by Gasteiger charge is 2.23. The molecule has 6 heteroatoms. The van der Waals surface area contributed by atoms with Gasteiger partial charge in [0.25, 0.3) is 0 Å². The third kappa shape index (κ3) is 5.68. The largest absolute Gasteiger partial charge is 0.398 e. The Morgan fingerprint density at radius 1 is 1.03 bits per heavy atom. The zero-order valence-corrected chi connectivity index (χ0v) is 19.9. The summed E-state index contributed by atoms with van der Waals surface area (Å²) in [4.78, 5) is 35.1. The minimum absolute atomic E-state index is 0.0378. The first-order chi connectivity index (χ1) is 16.4. The lowest BCUT2D eigenvalue weighted by molar-refractivity contribution is -0.117. The van der Waals surface area contributed by atoms with Crippen molar-refractivity contribution in [1.29, 1.82) is 0 Å². The molecule has 1 aromatic heterocycles. The number of anilines is 2. The van der Waals surface area contributed by atoms with Crippen molar-refractivity contribution in [3.8, 4) is 0 Å². The molecule has 34 heavy (non-hydrogen) atoms. The Bertz CT molecular complexity index is 1130. The Labute approximate surface area is 201 Å². The molecular formula is C28H32N4O2. The highest BCUT2D eigenvalue weighted by atomic mass is 16.1. The molecule has 1 atom stereocenters. The van der Waals surface area contributed by atoms with Crippen LogP contribution in [0.15, 0.2) is 60.9 Å². The molecule has 1 aliphatic rings. The number of nitrogen functional groups attached to an aromatic ring is 1. The maximum atomic E-state index is 12.6. The lowest BCUT2D eigenvalue weighted by atomic mass is 9.87. The Balaban J connectivity index is 1.32. The monoisotopic (exact) mass is 456 g/mol. The number of Topliss-reactive ketones (excluding diaryl/α,β-unsaturated/α-hetero) is 2. The molecule has 6 nitrogen and oxygen atoms in total. The predicted octanol–water partition coefficient (Wildman–Crippen LogP) is 4.95. The number of nitrogens with two attached hydrogens (primary N) is 1. The third-order valence-electron chi connectivity index (χ3n) is 6.71. The number of piperidine rings is 1. The van der Waals surface area contributed by atoms with Crippen LogP contribution in [0.4, 0.5) is 11.6 Å². The number of carbonyl (C=O) groups excluding carboxylic acids is 2. The standard InChI is InChI=1S/C28H32N4O2/c1-19(15-20(2)33)21-7-9-22(10-8-21)23-11-13-32(14-12-23)28-30-17-25(18-31-28)27(34)16-24-5-3-4-6-26(24)29/h3-10,17-19,23H,11-16,29H2,1-2H3/t19-/m1/s1. The van der Waals surface area contributed by atoms with E-state index < -0.39 is 0 Å². The molecule has 1 saturated heterocycles. The van der Waals surface area contributed by atoms with Crippen LogP contribution in [0.5, 0.6) is 0 Å². The molecular weight excluding hydrogens is 424 g/mol. The van der Waals surface area contributed by atoms with Crippen molar-refractivity contribution in [2.75, 3.05) is 23.7 Å². The van der Waals surface area contributed by atoms with Crippen molar-refractivity contribution < 1.29 is 9.59 Å². The summed E-state index contributed by atoms with van der Waals surface area (Å²) in [5.74, 6) is 1.62. The minimum Gasteiger partial charge on any atom is -0.398 e. The van der Waals surface area contributed by atoms with Crippen LogP contribution in [0.1, 0.15) is 72.0 Å². The number of hydrogen-bond acceptors (Lipinski definition) is 6. The maximum absolute atomic E-state index is 12.6. The van der Waals surface area contributed by atoms with Crippen LogP contribution in [0.2, 0.25) is 0 Å². The van der Waals surface area contributed by atoms with Gasteiger partial charge in [-0.3, -0.25) is 4.79 Å². The average molecular weight is 457 g/mol. The van der Waals surface area contributed by atoms with Crippen LogP contribution in [0, 0.1) is 0 Å². The number of hydrogen-bond donors (Lipinski definition) is 1. The number of benzene rings is 2. The van der Waals surface area contributed by atoms with Gasteiger partial charge in [0, 0.05) is 44.0 Å². The van der Waals surface area contributed by atoms with Crippen LogP contribution >= 0.6 is 0 Å². The number of para-hydroxylation sites is 1. The van der Waals surface area contributed by atoms with Crippen molar-refractivity contribution in [3.05, 3.63) is 83.2 Å². The number of rotatable bonds is 8. The third-order valence-corrected chi connectivity index (χ3v) is 6.71. The minimum atomic E-state index is -0.0378. The molecule has 0 spiro atoms. The second-order valence-corrected chi connectivity index (χ2v) is 9.31. The van der Waals surface area contributed by atoms with Gasteiger partial charge in [-0.15, -0.1) is 0 Å². The molecule has 0 unspecified atom stereocenters. The number of carbonyl (C=O) groups is 2. The summed E-state index contributed by atoms with van der Waals surface area (Å²) in [7, 11) is 0.